The molecule has 4 atom stereocenters. The van der Waals surface area contributed by atoms with E-state index in [1.165, 1.54) is 0 Å². The maximum Gasteiger partial charge on any atom is 0.326 e. The molecule has 0 saturated heterocycles. The Balaban J connectivity index is 1.23. The van der Waals surface area contributed by atoms with Crippen LogP contribution in [0, 0.1) is 5.92 Å². The molecule has 107 heavy (non-hydrogen) atoms. The van der Waals surface area contributed by atoms with Gasteiger partial charge >= 0.3 is 23.9 Å². The molecule has 6 rings (SSSR count). The van der Waals surface area contributed by atoms with Crippen LogP contribution in [-0.2, 0) is 71.0 Å². The van der Waals surface area contributed by atoms with Gasteiger partial charge in [-0.1, -0.05) is 68.5 Å². The first-order valence-corrected chi connectivity index (χ1v) is 39.3. The van der Waals surface area contributed by atoms with Gasteiger partial charge in [0, 0.05) is 112 Å². The summed E-state index contributed by atoms with van der Waals surface area (Å²) in [6.45, 7) is 9.61. The molecule has 17 N–H and O–H groups in total. The molecule has 2 heterocycles. The van der Waals surface area contributed by atoms with Gasteiger partial charge in [-0.2, -0.15) is 21.4 Å². The fourth-order valence-electron chi connectivity index (χ4n) is 13.4. The predicted octanol–water partition coefficient (Wildman–Crippen LogP) is 6.89. The molecule has 584 valence electrons. The summed E-state index contributed by atoms with van der Waals surface area (Å²) in [5.41, 5.74) is 29.6. The summed E-state index contributed by atoms with van der Waals surface area (Å²) in [6, 6.07) is 18.0. The molecule has 32 heteroatoms. The van der Waals surface area contributed by atoms with Crippen molar-refractivity contribution in [3.8, 4) is 5.75 Å². The number of ether oxygens (including phenoxy) is 1. The summed E-state index contributed by atoms with van der Waals surface area (Å²) in [5.74, 6) is -7.31. The molecular formula is C75H105N12O18S2+. The predicted molar refractivity (Wildman–Crippen MR) is 406 cm³/mol. The number of unbranched alkanes of at least 4 members (excludes halogenated alkanes) is 3. The number of carboxylic acids is 3. The number of urea groups is 1. The summed E-state index contributed by atoms with van der Waals surface area (Å²) in [4.78, 5) is 113. The van der Waals surface area contributed by atoms with E-state index >= 15 is 0 Å². The van der Waals surface area contributed by atoms with E-state index in [9.17, 15) is 74.5 Å². The van der Waals surface area contributed by atoms with Crippen LogP contribution >= 0.6 is 0 Å². The quantitative estimate of drug-likeness (QED) is 0.00900. The normalized spacial score (nSPS) is 16.4. The molecule has 0 radical (unpaired) electrons. The number of carbonyl (C=O) groups is 8. The molecule has 2 aliphatic heterocycles. The van der Waals surface area contributed by atoms with Gasteiger partial charge in [0.25, 0.3) is 20.2 Å². The Hall–Kier alpha value is -9.79. The number of hydrogen-bond acceptors (Lipinski definition) is 16. The highest BCUT2D eigenvalue weighted by atomic mass is 32.2. The first-order valence-electron chi connectivity index (χ1n) is 36.1. The van der Waals surface area contributed by atoms with Crippen molar-refractivity contribution in [1.82, 2.24) is 21.3 Å². The number of amides is 4. The van der Waals surface area contributed by atoms with Crippen molar-refractivity contribution in [3.05, 3.63) is 136 Å². The van der Waals surface area contributed by atoms with Crippen LogP contribution in [0.4, 0.5) is 16.2 Å². The van der Waals surface area contributed by atoms with Crippen molar-refractivity contribution in [1.29, 1.82) is 0 Å². The molecule has 0 fully saturated rings. The third-order valence-corrected chi connectivity index (χ3v) is 20.6. The number of para-hydroxylation sites is 2. The average Bonchev–Trinajstić information content (AvgIpc) is 1.60. The standard InChI is InChI=1S/C75H104N12O18S2/c1-74(2)55-23-6-8-26-60(55)86(43-11-13-45-106(99,100)101)63(74)38-32-50-19-15-20-51(33-39-64-75(3,4)56-24-7-9-27-61(56)87(64)44-12-14-46-107(102,103)104)67(50)105-54-35-30-49(31-36-54)47-59(70(96)97)84-68(93)52(21-16-40-80-71(76)77)48-62(89)57(25-17-41-81-72(78)79)83-65(90)28-10-5-22-53(88)34-37-58(69(94)95)85-73(98)82-42-18-29-66(91)92/h6-9,23-24,26-27,30-33,35-36,38-39,52,57-59H,5,10-22,25,28-29,34,37,40-48H2,1-4H3,(H16-,76,77,78,79,80,81,82,83,84,85,90,91,92,93,94,95,96,97,98,99,100,101,102,103,104)/p+1/t52-,57+,58-,59-/m1/s1. The minimum Gasteiger partial charge on any atom is -0.481 e. The van der Waals surface area contributed by atoms with Gasteiger partial charge in [-0.25, -0.2) is 14.4 Å². The molecule has 0 unspecified atom stereocenters. The van der Waals surface area contributed by atoms with Gasteiger partial charge in [0.1, 0.15) is 35.9 Å². The number of aliphatic imine (C=N–C) groups is 2. The molecule has 3 aromatic carbocycles. The van der Waals surface area contributed by atoms with Crippen LogP contribution < -0.4 is 53.8 Å². The Kier molecular flexibility index (Phi) is 32.8. The van der Waals surface area contributed by atoms with E-state index in [4.69, 9.17) is 32.8 Å². The number of carbonyl (C=O) groups excluding carboxylic acids is 5. The molecule has 0 saturated carbocycles. The number of nitrogens with two attached hydrogens (primary N) is 4. The van der Waals surface area contributed by atoms with Crippen molar-refractivity contribution < 1.29 is 88.9 Å². The number of aliphatic carboxylic acids is 3. The number of guanidine groups is 2. The molecule has 0 bridgehead atoms. The van der Waals surface area contributed by atoms with Crippen LogP contribution in [0.3, 0.4) is 0 Å². The highest BCUT2D eigenvalue weighted by molar-refractivity contribution is 7.86. The lowest BCUT2D eigenvalue weighted by atomic mass is 9.81. The van der Waals surface area contributed by atoms with E-state index in [-0.39, 0.29) is 145 Å². The number of carboxylic acid groups (broad SMARTS) is 3. The average molecular weight is 1530 g/mol. The SMILES string of the molecule is CC1(C)C(=CC=C2CCCC(C=CC3=[N+](CCCCS(=O)(=O)O)c4ccccc4C3(C)C)=C2Oc2ccc(C[C@@H](NC(=O)[C@H](CCCN=C(N)N)CC(=O)[C@H](CCCN=C(N)N)NC(=O)CCCCC(=O)CC[C@@H](NC(=O)NCCCC(=O)O)C(=O)O)C(=O)O)cc2)N(CCCCS(=O)(=O)O)c2ccccc21. The highest BCUT2D eigenvalue weighted by Gasteiger charge is 2.44. The number of hydrogen-bond donors (Lipinski definition) is 13. The summed E-state index contributed by atoms with van der Waals surface area (Å²) < 4.78 is 75.1. The van der Waals surface area contributed by atoms with E-state index in [1.54, 1.807) is 24.3 Å². The molecule has 1 aliphatic carbocycles. The zero-order valence-electron chi connectivity index (χ0n) is 61.3. The van der Waals surface area contributed by atoms with E-state index in [2.05, 4.69) is 105 Å². The number of benzene rings is 3. The van der Waals surface area contributed by atoms with Crippen LogP contribution in [0.1, 0.15) is 173 Å². The molecule has 4 amide bonds. The van der Waals surface area contributed by atoms with Crippen LogP contribution in [-0.4, -0.2) is 173 Å². The highest BCUT2D eigenvalue weighted by Crippen LogP contribution is 2.48. The zero-order chi connectivity index (χ0) is 78.7. The first kappa shape index (κ1) is 86.1. The van der Waals surface area contributed by atoms with Crippen molar-refractivity contribution in [3.63, 3.8) is 0 Å². The Labute approximate surface area is 625 Å². The van der Waals surface area contributed by atoms with Gasteiger partial charge in [-0.15, -0.1) is 0 Å². The van der Waals surface area contributed by atoms with Gasteiger partial charge < -0.3 is 69.2 Å². The fraction of sp³-hybridized carbons (Fsp3) is 0.507. The van der Waals surface area contributed by atoms with Gasteiger partial charge in [0.05, 0.1) is 23.0 Å². The smallest absolute Gasteiger partial charge is 0.326 e. The lowest BCUT2D eigenvalue weighted by molar-refractivity contribution is -0.438. The van der Waals surface area contributed by atoms with Gasteiger partial charge in [-0.3, -0.25) is 43.1 Å². The molecule has 0 aromatic heterocycles. The maximum atomic E-state index is 14.4. The Bertz CT molecular complexity index is 4140. The van der Waals surface area contributed by atoms with Crippen molar-refractivity contribution in [2.45, 2.75) is 191 Å². The molecule has 30 nitrogen and oxygen atoms in total. The minimum atomic E-state index is -4.17. The Morgan fingerprint density at radius 1 is 0.636 bits per heavy atom. The van der Waals surface area contributed by atoms with Crippen molar-refractivity contribution in [2.24, 2.45) is 38.8 Å². The number of anilines is 1. The number of allylic oxidation sites excluding steroid dienone is 7. The summed E-state index contributed by atoms with van der Waals surface area (Å²) in [7, 11) is -8.33. The summed E-state index contributed by atoms with van der Waals surface area (Å²) in [5, 5.41) is 39.1. The van der Waals surface area contributed by atoms with Crippen LogP contribution in [0.15, 0.2) is 130 Å². The third-order valence-electron chi connectivity index (χ3n) is 19.0. The van der Waals surface area contributed by atoms with Crippen LogP contribution in [0.2, 0.25) is 0 Å². The second kappa shape index (κ2) is 40.8. The molecule has 3 aliphatic rings. The second-order valence-electron chi connectivity index (χ2n) is 28.1. The number of rotatable bonds is 46. The number of Topliss-reactive ketones (excluding diaryl/α,β-unsaturated/α-hetero) is 2. The largest absolute Gasteiger partial charge is 0.481 e. The van der Waals surface area contributed by atoms with Crippen LogP contribution in [0.25, 0.3) is 0 Å². The number of nitrogens with one attached hydrogen (secondary N) is 4. The molecular weight excluding hydrogens is 1420 g/mol. The van der Waals surface area contributed by atoms with Crippen molar-refractivity contribution >= 4 is 96.6 Å². The minimum absolute atomic E-state index is 0.00914. The fourth-order valence-corrected chi connectivity index (χ4v) is 14.5. The lowest BCUT2D eigenvalue weighted by Crippen LogP contribution is -2.47. The second-order valence-corrected chi connectivity index (χ2v) is 31.2. The number of ketones is 2. The third kappa shape index (κ3) is 27.8. The van der Waals surface area contributed by atoms with Gasteiger partial charge in [0.2, 0.25) is 17.5 Å². The maximum absolute atomic E-state index is 14.4. The zero-order valence-corrected chi connectivity index (χ0v) is 62.9. The number of nitrogens with zero attached hydrogens (tertiary/aromatic N) is 4. The Morgan fingerprint density at radius 3 is 1.91 bits per heavy atom. The Morgan fingerprint density at radius 2 is 1.26 bits per heavy atom. The molecule has 3 aromatic rings. The lowest BCUT2D eigenvalue weighted by Gasteiger charge is -2.27. The van der Waals surface area contributed by atoms with E-state index in [1.807, 2.05) is 36.4 Å². The van der Waals surface area contributed by atoms with E-state index in [0.717, 1.165) is 51.5 Å². The molecule has 0 spiro atoms. The van der Waals surface area contributed by atoms with Crippen molar-refractivity contribution in [2.75, 3.05) is 49.1 Å². The summed E-state index contributed by atoms with van der Waals surface area (Å²) >= 11 is 0. The monoisotopic (exact) mass is 1530 g/mol. The van der Waals surface area contributed by atoms with Gasteiger partial charge in [0.15, 0.2) is 23.4 Å². The van der Waals surface area contributed by atoms with E-state index in [0.29, 0.717) is 55.8 Å². The first-order chi connectivity index (χ1) is 50.5. The van der Waals surface area contributed by atoms with Crippen LogP contribution in [0.5, 0.6) is 5.75 Å². The topological polar surface area (TPSA) is 498 Å². The van der Waals surface area contributed by atoms with Gasteiger partial charge in [-0.05, 0) is 156 Å². The van der Waals surface area contributed by atoms with E-state index < -0.39 is 103 Å². The summed E-state index contributed by atoms with van der Waals surface area (Å²) in [6.07, 6.45) is 11.3. The number of fused-ring (bicyclic) bond motifs is 2.